The summed E-state index contributed by atoms with van der Waals surface area (Å²) in [7, 11) is 0. The molecule has 0 saturated carbocycles. The molecule has 0 aliphatic carbocycles. The van der Waals surface area contributed by atoms with Crippen LogP contribution in [-0.4, -0.2) is 34.2 Å². The molecule has 0 radical (unpaired) electrons. The number of carbonyl (C=O) groups excluding carboxylic acids is 1. The van der Waals surface area contributed by atoms with E-state index >= 15 is 0 Å². The van der Waals surface area contributed by atoms with Crippen LogP contribution in [0.1, 0.15) is 31.4 Å². The van der Waals surface area contributed by atoms with Crippen molar-refractivity contribution in [2.24, 2.45) is 11.1 Å². The molecule has 3 rings (SSSR count). The summed E-state index contributed by atoms with van der Waals surface area (Å²) in [6.45, 7) is 4.72. The van der Waals surface area contributed by atoms with E-state index in [4.69, 9.17) is 16.4 Å². The molecule has 1 aliphatic heterocycles. The third-order valence-corrected chi connectivity index (χ3v) is 4.65. The maximum atomic E-state index is 12.7. The minimum atomic E-state index is -0.171. The lowest BCUT2D eigenvalue weighted by Gasteiger charge is -2.27. The van der Waals surface area contributed by atoms with Gasteiger partial charge in [0.1, 0.15) is 0 Å². The van der Waals surface area contributed by atoms with E-state index < -0.39 is 0 Å². The molecule has 1 aliphatic rings. The van der Waals surface area contributed by atoms with Gasteiger partial charge >= 0.3 is 0 Å². The van der Waals surface area contributed by atoms with E-state index in [-0.39, 0.29) is 17.9 Å². The van der Waals surface area contributed by atoms with E-state index in [1.54, 1.807) is 17.3 Å². The van der Waals surface area contributed by atoms with Crippen molar-refractivity contribution in [2.75, 3.05) is 6.54 Å². The Morgan fingerprint density at radius 2 is 2.12 bits per heavy atom. The number of benzene rings is 1. The molecule has 0 saturated heterocycles. The second-order valence-electron chi connectivity index (χ2n) is 6.68. The summed E-state index contributed by atoms with van der Waals surface area (Å²) in [6.07, 6.45) is 3.97. The van der Waals surface area contributed by atoms with Crippen LogP contribution in [-0.2, 0) is 16.2 Å². The molecule has 5 nitrogen and oxygen atoms in total. The first-order chi connectivity index (χ1) is 12.5. The molecular weight excluding hydrogens is 350 g/mol. The average molecular weight is 372 g/mol. The van der Waals surface area contributed by atoms with Crippen LogP contribution in [0.15, 0.2) is 53.9 Å². The number of hydrogen-bond donors (Lipinski definition) is 0. The van der Waals surface area contributed by atoms with Crippen LogP contribution < -0.4 is 0 Å². The third kappa shape index (κ3) is 4.41. The number of oxime groups is 1. The molecular formula is C20H22ClN3O2. The number of carbonyl (C=O) groups is 1. The number of amides is 1. The minimum Gasteiger partial charge on any atom is -0.390 e. The van der Waals surface area contributed by atoms with Gasteiger partial charge in [0.05, 0.1) is 12.3 Å². The molecule has 1 amide bonds. The quantitative estimate of drug-likeness (QED) is 0.773. The van der Waals surface area contributed by atoms with Crippen molar-refractivity contribution in [3.8, 4) is 0 Å². The first-order valence-electron chi connectivity index (χ1n) is 8.70. The van der Waals surface area contributed by atoms with Gasteiger partial charge in [-0.3, -0.25) is 9.78 Å². The molecule has 1 atom stereocenters. The molecule has 1 aromatic heterocycles. The Labute approximate surface area is 158 Å². The van der Waals surface area contributed by atoms with Crippen molar-refractivity contribution < 1.29 is 9.63 Å². The van der Waals surface area contributed by atoms with Crippen LogP contribution in [0.5, 0.6) is 0 Å². The van der Waals surface area contributed by atoms with Crippen molar-refractivity contribution in [3.63, 3.8) is 0 Å². The Kier molecular flexibility index (Phi) is 5.89. The first-order valence-corrected chi connectivity index (χ1v) is 9.07. The number of nitrogens with zero attached hydrogens (tertiary/aromatic N) is 3. The third-order valence-electron chi connectivity index (χ3n) is 4.28. The number of aromatic nitrogens is 1. The lowest BCUT2D eigenvalue weighted by molar-refractivity contribution is -0.136. The summed E-state index contributed by atoms with van der Waals surface area (Å²) >= 11 is 6.27. The standard InChI is InChI=1S/C20H22ClN3O2/c1-14(2)20(25)24(12-16-6-3-4-8-18(16)21)13-17-10-19(23-26-17)15-7-5-9-22-11-15/h3-9,11,14,17H,10,12-13H2,1-2H3/t17-/m0/s1. The molecule has 0 bridgehead atoms. The topological polar surface area (TPSA) is 54.8 Å². The lowest BCUT2D eigenvalue weighted by Crippen LogP contribution is -2.39. The highest BCUT2D eigenvalue weighted by Gasteiger charge is 2.28. The second kappa shape index (κ2) is 8.32. The smallest absolute Gasteiger partial charge is 0.225 e. The Balaban J connectivity index is 1.69. The summed E-state index contributed by atoms with van der Waals surface area (Å²) in [5.74, 6) is -0.0269. The molecule has 136 valence electrons. The fourth-order valence-electron chi connectivity index (χ4n) is 2.91. The SMILES string of the molecule is CC(C)C(=O)N(Cc1ccccc1Cl)C[C@@H]1CC(c2cccnc2)=NO1. The van der Waals surface area contributed by atoms with Crippen molar-refractivity contribution in [2.45, 2.75) is 32.9 Å². The second-order valence-corrected chi connectivity index (χ2v) is 7.08. The summed E-state index contributed by atoms with van der Waals surface area (Å²) in [6, 6.07) is 11.4. The molecule has 2 heterocycles. The maximum Gasteiger partial charge on any atom is 0.225 e. The van der Waals surface area contributed by atoms with Gasteiger partial charge in [-0.05, 0) is 23.8 Å². The Morgan fingerprint density at radius 1 is 1.31 bits per heavy atom. The van der Waals surface area contributed by atoms with Crippen molar-refractivity contribution in [3.05, 3.63) is 64.9 Å². The predicted octanol–water partition coefficient (Wildman–Crippen LogP) is 3.91. The van der Waals surface area contributed by atoms with Crippen molar-refractivity contribution in [1.82, 2.24) is 9.88 Å². The zero-order valence-corrected chi connectivity index (χ0v) is 15.7. The monoisotopic (exact) mass is 371 g/mol. The molecule has 1 aromatic carbocycles. The van der Waals surface area contributed by atoms with Gasteiger partial charge in [-0.15, -0.1) is 0 Å². The largest absolute Gasteiger partial charge is 0.390 e. The highest BCUT2D eigenvalue weighted by atomic mass is 35.5. The van der Waals surface area contributed by atoms with Crippen LogP contribution in [0.25, 0.3) is 0 Å². The highest BCUT2D eigenvalue weighted by Crippen LogP contribution is 2.22. The van der Waals surface area contributed by atoms with Gasteiger partial charge in [0.15, 0.2) is 6.10 Å². The van der Waals surface area contributed by atoms with Gasteiger partial charge in [0, 0.05) is 41.9 Å². The summed E-state index contributed by atoms with van der Waals surface area (Å²) in [4.78, 5) is 24.2. The van der Waals surface area contributed by atoms with E-state index in [2.05, 4.69) is 10.1 Å². The number of hydrogen-bond acceptors (Lipinski definition) is 4. The lowest BCUT2D eigenvalue weighted by atomic mass is 10.1. The van der Waals surface area contributed by atoms with E-state index in [0.29, 0.717) is 24.5 Å². The van der Waals surface area contributed by atoms with Crippen molar-refractivity contribution in [1.29, 1.82) is 0 Å². The van der Waals surface area contributed by atoms with Crippen LogP contribution in [0.2, 0.25) is 5.02 Å². The van der Waals surface area contributed by atoms with E-state index in [1.807, 2.05) is 50.2 Å². The number of pyridine rings is 1. The molecule has 0 unspecified atom stereocenters. The van der Waals surface area contributed by atoms with E-state index in [1.165, 1.54) is 0 Å². The fraction of sp³-hybridized carbons (Fsp3) is 0.350. The van der Waals surface area contributed by atoms with Crippen LogP contribution in [0, 0.1) is 5.92 Å². The van der Waals surface area contributed by atoms with Crippen molar-refractivity contribution >= 4 is 23.2 Å². The Morgan fingerprint density at radius 3 is 2.81 bits per heavy atom. The average Bonchev–Trinajstić information content (AvgIpc) is 3.11. The predicted molar refractivity (Wildman–Crippen MR) is 102 cm³/mol. The zero-order valence-electron chi connectivity index (χ0n) is 14.9. The Bertz CT molecular complexity index is 793. The molecule has 0 N–H and O–H groups in total. The molecule has 0 fully saturated rings. The summed E-state index contributed by atoms with van der Waals surface area (Å²) in [5, 5.41) is 4.84. The van der Waals surface area contributed by atoms with Gasteiger partial charge < -0.3 is 9.74 Å². The molecule has 6 heteroatoms. The fourth-order valence-corrected chi connectivity index (χ4v) is 3.10. The minimum absolute atomic E-state index is 0.0725. The van der Waals surface area contributed by atoms with E-state index in [9.17, 15) is 4.79 Å². The first kappa shape index (κ1) is 18.4. The molecule has 2 aromatic rings. The van der Waals surface area contributed by atoms with Crippen LogP contribution >= 0.6 is 11.6 Å². The molecule has 0 spiro atoms. The van der Waals surface area contributed by atoms with Gasteiger partial charge in [0.2, 0.25) is 5.91 Å². The Hall–Kier alpha value is -2.40. The van der Waals surface area contributed by atoms with E-state index in [0.717, 1.165) is 16.8 Å². The van der Waals surface area contributed by atoms with Crippen LogP contribution in [0.3, 0.4) is 0 Å². The van der Waals surface area contributed by atoms with Crippen LogP contribution in [0.4, 0.5) is 0 Å². The number of rotatable bonds is 6. The maximum absolute atomic E-state index is 12.7. The molecule has 26 heavy (non-hydrogen) atoms. The van der Waals surface area contributed by atoms with Gasteiger partial charge in [-0.2, -0.15) is 0 Å². The number of halogens is 1. The van der Waals surface area contributed by atoms with Gasteiger partial charge in [-0.1, -0.05) is 48.8 Å². The van der Waals surface area contributed by atoms with Gasteiger partial charge in [-0.25, -0.2) is 0 Å². The normalized spacial score (nSPS) is 16.3. The summed E-state index contributed by atoms with van der Waals surface area (Å²) in [5.41, 5.74) is 2.73. The van der Waals surface area contributed by atoms with Gasteiger partial charge in [0.25, 0.3) is 0 Å². The highest BCUT2D eigenvalue weighted by molar-refractivity contribution is 6.31. The summed E-state index contributed by atoms with van der Waals surface area (Å²) < 4.78 is 0. The zero-order chi connectivity index (χ0) is 18.5.